The fraction of sp³-hybridized carbons (Fsp3) is 0.385. The fourth-order valence-corrected chi connectivity index (χ4v) is 2.62. The highest BCUT2D eigenvalue weighted by Crippen LogP contribution is 2.14. The molecule has 19 heavy (non-hydrogen) atoms. The summed E-state index contributed by atoms with van der Waals surface area (Å²) in [5.41, 5.74) is 0.108. The molecule has 0 fully saturated rings. The Labute approximate surface area is 112 Å². The molecule has 2 N–H and O–H groups in total. The first-order valence-corrected chi connectivity index (χ1v) is 7.26. The molecule has 0 amide bonds. The summed E-state index contributed by atoms with van der Waals surface area (Å²) < 4.78 is 39.7. The number of halogens is 1. The Hall–Kier alpha value is -1.42. The number of hydrogen-bond donors (Lipinski definition) is 2. The van der Waals surface area contributed by atoms with Gasteiger partial charge in [0.25, 0.3) is 0 Å². The zero-order valence-corrected chi connectivity index (χ0v) is 11.6. The SMILES string of the molecule is CC(C)NS(=O)(=O)c1ccc(C#CCCO)c(F)c1. The van der Waals surface area contributed by atoms with Crippen LogP contribution in [-0.2, 0) is 10.0 Å². The van der Waals surface area contributed by atoms with Crippen LogP contribution in [0.4, 0.5) is 4.39 Å². The molecular formula is C13H16FNO3S. The highest BCUT2D eigenvalue weighted by molar-refractivity contribution is 7.89. The average molecular weight is 285 g/mol. The summed E-state index contributed by atoms with van der Waals surface area (Å²) in [7, 11) is -3.70. The molecule has 104 valence electrons. The van der Waals surface area contributed by atoms with Crippen molar-refractivity contribution >= 4 is 10.0 Å². The van der Waals surface area contributed by atoms with Gasteiger partial charge >= 0.3 is 0 Å². The number of aliphatic hydroxyl groups excluding tert-OH is 1. The van der Waals surface area contributed by atoms with E-state index in [0.29, 0.717) is 0 Å². The number of aliphatic hydroxyl groups is 1. The van der Waals surface area contributed by atoms with Crippen molar-refractivity contribution < 1.29 is 17.9 Å². The Bertz CT molecular complexity index is 600. The van der Waals surface area contributed by atoms with Crippen molar-refractivity contribution in [1.82, 2.24) is 4.72 Å². The van der Waals surface area contributed by atoms with Gasteiger partial charge in [-0.15, -0.1) is 0 Å². The normalized spacial score (nSPS) is 11.2. The van der Waals surface area contributed by atoms with E-state index in [1.54, 1.807) is 13.8 Å². The topological polar surface area (TPSA) is 66.4 Å². The Balaban J connectivity index is 3.04. The molecule has 0 aliphatic heterocycles. The second-order valence-electron chi connectivity index (χ2n) is 4.19. The van der Waals surface area contributed by atoms with E-state index in [1.807, 2.05) is 0 Å². The number of sulfonamides is 1. The van der Waals surface area contributed by atoms with Gasteiger partial charge < -0.3 is 5.11 Å². The van der Waals surface area contributed by atoms with Crippen molar-refractivity contribution in [1.29, 1.82) is 0 Å². The molecule has 0 radical (unpaired) electrons. The monoisotopic (exact) mass is 285 g/mol. The predicted molar refractivity (Wildman–Crippen MR) is 70.4 cm³/mol. The van der Waals surface area contributed by atoms with Crippen molar-refractivity contribution in [2.24, 2.45) is 0 Å². The van der Waals surface area contributed by atoms with Gasteiger partial charge in [-0.3, -0.25) is 0 Å². The van der Waals surface area contributed by atoms with E-state index in [1.165, 1.54) is 12.1 Å². The van der Waals surface area contributed by atoms with Crippen molar-refractivity contribution in [2.45, 2.75) is 31.2 Å². The first-order valence-electron chi connectivity index (χ1n) is 5.78. The first kappa shape index (κ1) is 15.6. The first-order chi connectivity index (χ1) is 8.86. The summed E-state index contributed by atoms with van der Waals surface area (Å²) >= 11 is 0. The van der Waals surface area contributed by atoms with Crippen molar-refractivity contribution in [3.63, 3.8) is 0 Å². The Morgan fingerprint density at radius 3 is 2.63 bits per heavy atom. The van der Waals surface area contributed by atoms with E-state index in [0.717, 1.165) is 6.07 Å². The third-order valence-corrected chi connectivity index (χ3v) is 3.76. The van der Waals surface area contributed by atoms with Crippen molar-refractivity contribution in [3.05, 3.63) is 29.6 Å². The van der Waals surface area contributed by atoms with Gasteiger partial charge in [-0.05, 0) is 32.0 Å². The van der Waals surface area contributed by atoms with E-state index >= 15 is 0 Å². The van der Waals surface area contributed by atoms with Crippen LogP contribution >= 0.6 is 0 Å². The highest BCUT2D eigenvalue weighted by Gasteiger charge is 2.16. The molecular weight excluding hydrogens is 269 g/mol. The van der Waals surface area contributed by atoms with Crippen LogP contribution in [0.15, 0.2) is 23.1 Å². The van der Waals surface area contributed by atoms with Gasteiger partial charge in [0, 0.05) is 12.5 Å². The molecule has 1 aromatic rings. The van der Waals surface area contributed by atoms with Gasteiger partial charge in [-0.25, -0.2) is 17.5 Å². The van der Waals surface area contributed by atoms with Crippen LogP contribution in [-0.4, -0.2) is 26.2 Å². The van der Waals surface area contributed by atoms with Crippen LogP contribution in [0.2, 0.25) is 0 Å². The van der Waals surface area contributed by atoms with Gasteiger partial charge in [0.15, 0.2) is 0 Å². The van der Waals surface area contributed by atoms with Crippen LogP contribution < -0.4 is 4.72 Å². The Morgan fingerprint density at radius 1 is 1.42 bits per heavy atom. The van der Waals surface area contributed by atoms with Crippen LogP contribution in [0.5, 0.6) is 0 Å². The lowest BCUT2D eigenvalue weighted by molar-refractivity contribution is 0.305. The highest BCUT2D eigenvalue weighted by atomic mass is 32.2. The smallest absolute Gasteiger partial charge is 0.240 e. The molecule has 0 saturated carbocycles. The summed E-state index contributed by atoms with van der Waals surface area (Å²) in [6.07, 6.45) is 0.244. The Morgan fingerprint density at radius 2 is 2.11 bits per heavy atom. The summed E-state index contributed by atoms with van der Waals surface area (Å²) in [6.45, 7) is 3.27. The molecule has 0 aliphatic carbocycles. The zero-order valence-electron chi connectivity index (χ0n) is 10.8. The maximum atomic E-state index is 13.7. The lowest BCUT2D eigenvalue weighted by atomic mass is 10.2. The quantitative estimate of drug-likeness (QED) is 0.818. The maximum absolute atomic E-state index is 13.7. The van der Waals surface area contributed by atoms with Crippen LogP contribution in [0, 0.1) is 17.7 Å². The number of nitrogens with one attached hydrogen (secondary N) is 1. The van der Waals surface area contributed by atoms with E-state index in [-0.39, 0.29) is 29.5 Å². The van der Waals surface area contributed by atoms with Gasteiger partial charge in [0.05, 0.1) is 17.1 Å². The molecule has 0 aromatic heterocycles. The zero-order chi connectivity index (χ0) is 14.5. The summed E-state index contributed by atoms with van der Waals surface area (Å²) in [6, 6.07) is 3.29. The molecule has 0 heterocycles. The van der Waals surface area contributed by atoms with Crippen molar-refractivity contribution in [2.75, 3.05) is 6.61 Å². The van der Waals surface area contributed by atoms with E-state index in [4.69, 9.17) is 5.11 Å². The van der Waals surface area contributed by atoms with Crippen LogP contribution in [0.3, 0.4) is 0 Å². The maximum Gasteiger partial charge on any atom is 0.240 e. The lowest BCUT2D eigenvalue weighted by Crippen LogP contribution is -2.30. The Kier molecular flexibility index (Phi) is 5.48. The predicted octanol–water partition coefficient (Wildman–Crippen LogP) is 1.25. The molecule has 0 aliphatic rings. The molecule has 0 spiro atoms. The van der Waals surface area contributed by atoms with E-state index in [9.17, 15) is 12.8 Å². The third-order valence-electron chi connectivity index (χ3n) is 2.10. The number of hydrogen-bond acceptors (Lipinski definition) is 3. The second kappa shape index (κ2) is 6.66. The molecule has 4 nitrogen and oxygen atoms in total. The lowest BCUT2D eigenvalue weighted by Gasteiger charge is -2.09. The fourth-order valence-electron chi connectivity index (χ4n) is 1.36. The second-order valence-corrected chi connectivity index (χ2v) is 5.91. The summed E-state index contributed by atoms with van der Waals surface area (Å²) in [5, 5.41) is 8.56. The minimum absolute atomic E-state index is 0.0978. The van der Waals surface area contributed by atoms with Gasteiger partial charge in [0.2, 0.25) is 10.0 Å². The third kappa shape index (κ3) is 4.63. The minimum atomic E-state index is -3.70. The van der Waals surface area contributed by atoms with E-state index in [2.05, 4.69) is 16.6 Å². The average Bonchev–Trinajstić information content (AvgIpc) is 2.29. The van der Waals surface area contributed by atoms with Crippen LogP contribution in [0.1, 0.15) is 25.8 Å². The van der Waals surface area contributed by atoms with Crippen molar-refractivity contribution in [3.8, 4) is 11.8 Å². The molecule has 1 aromatic carbocycles. The number of benzene rings is 1. The molecule has 0 unspecified atom stereocenters. The number of rotatable bonds is 4. The molecule has 0 atom stereocenters. The molecule has 0 bridgehead atoms. The standard InChI is InChI=1S/C13H16FNO3S/c1-10(2)15-19(17,18)12-7-6-11(13(14)9-12)5-3-4-8-16/h6-7,9-10,15-16H,4,8H2,1-2H3. The van der Waals surface area contributed by atoms with E-state index < -0.39 is 15.8 Å². The van der Waals surface area contributed by atoms with Gasteiger partial charge in [0.1, 0.15) is 5.82 Å². The van der Waals surface area contributed by atoms with Gasteiger partial charge in [-0.1, -0.05) is 11.8 Å². The summed E-state index contributed by atoms with van der Waals surface area (Å²) in [4.78, 5) is -0.133. The van der Waals surface area contributed by atoms with Gasteiger partial charge in [-0.2, -0.15) is 0 Å². The van der Waals surface area contributed by atoms with Crippen LogP contribution in [0.25, 0.3) is 0 Å². The largest absolute Gasteiger partial charge is 0.395 e. The molecule has 1 rings (SSSR count). The summed E-state index contributed by atoms with van der Waals surface area (Å²) in [5.74, 6) is 4.41. The molecule has 0 saturated heterocycles. The minimum Gasteiger partial charge on any atom is -0.395 e. The molecule has 6 heteroatoms.